The minimum absolute atomic E-state index is 0.223. The summed E-state index contributed by atoms with van der Waals surface area (Å²) in [7, 11) is 0. The fraction of sp³-hybridized carbons (Fsp3) is 0.261. The Morgan fingerprint density at radius 1 is 1.10 bits per heavy atom. The van der Waals surface area contributed by atoms with Crippen molar-refractivity contribution in [3.05, 3.63) is 72.3 Å². The van der Waals surface area contributed by atoms with Gasteiger partial charge in [-0.15, -0.1) is 0 Å². The maximum Gasteiger partial charge on any atom is 0.335 e. The maximum atomic E-state index is 11.5. The molecule has 30 heavy (non-hydrogen) atoms. The second-order valence-electron chi connectivity index (χ2n) is 7.07. The number of aromatic carboxylic acids is 1. The summed E-state index contributed by atoms with van der Waals surface area (Å²) >= 11 is 0. The third-order valence-electron chi connectivity index (χ3n) is 4.72. The van der Waals surface area contributed by atoms with Gasteiger partial charge in [0.25, 0.3) is 0 Å². The molecule has 3 aromatic rings. The number of benzene rings is 2. The van der Waals surface area contributed by atoms with Crippen LogP contribution >= 0.6 is 0 Å². The molecule has 0 radical (unpaired) electrons. The van der Waals surface area contributed by atoms with Gasteiger partial charge in [-0.1, -0.05) is 6.07 Å². The fourth-order valence-electron chi connectivity index (χ4n) is 3.13. The van der Waals surface area contributed by atoms with Gasteiger partial charge in [-0.3, -0.25) is 0 Å². The molecular formula is C23H23N3O4. The molecule has 0 saturated heterocycles. The molecule has 0 amide bonds. The van der Waals surface area contributed by atoms with Gasteiger partial charge in [0.2, 0.25) is 0 Å². The summed E-state index contributed by atoms with van der Waals surface area (Å²) in [6, 6.07) is 12.6. The van der Waals surface area contributed by atoms with E-state index in [1.54, 1.807) is 30.6 Å². The predicted octanol–water partition coefficient (Wildman–Crippen LogP) is 4.45. The van der Waals surface area contributed by atoms with Crippen molar-refractivity contribution in [3.63, 3.8) is 0 Å². The van der Waals surface area contributed by atoms with Crippen LogP contribution in [0.5, 0.6) is 11.5 Å². The van der Waals surface area contributed by atoms with Crippen molar-refractivity contribution in [2.45, 2.75) is 32.4 Å². The number of anilines is 2. The van der Waals surface area contributed by atoms with E-state index < -0.39 is 5.97 Å². The number of hydrogen-bond acceptors (Lipinski definition) is 6. The Balaban J connectivity index is 1.73. The zero-order valence-corrected chi connectivity index (χ0v) is 16.7. The van der Waals surface area contributed by atoms with Gasteiger partial charge in [-0.05, 0) is 50.1 Å². The van der Waals surface area contributed by atoms with Gasteiger partial charge < -0.3 is 19.5 Å². The van der Waals surface area contributed by atoms with Crippen LogP contribution < -0.4 is 14.4 Å². The smallest absolute Gasteiger partial charge is 0.335 e. The molecule has 7 nitrogen and oxygen atoms in total. The van der Waals surface area contributed by atoms with Crippen LogP contribution in [0, 0.1) is 0 Å². The van der Waals surface area contributed by atoms with Crippen LogP contribution in [-0.2, 0) is 6.54 Å². The Labute approximate surface area is 174 Å². The van der Waals surface area contributed by atoms with Crippen LogP contribution in [0.3, 0.4) is 0 Å². The largest absolute Gasteiger partial charge is 0.490 e. The molecule has 1 aromatic heterocycles. The van der Waals surface area contributed by atoms with E-state index in [0.717, 1.165) is 35.5 Å². The molecule has 1 N–H and O–H groups in total. The third kappa shape index (κ3) is 4.68. The molecule has 1 aliphatic rings. The fourth-order valence-corrected chi connectivity index (χ4v) is 3.13. The lowest BCUT2D eigenvalue weighted by atomic mass is 10.1. The highest BCUT2D eigenvalue weighted by molar-refractivity contribution is 5.89. The summed E-state index contributed by atoms with van der Waals surface area (Å²) in [4.78, 5) is 21.7. The molecule has 0 spiro atoms. The average Bonchev–Trinajstić information content (AvgIpc) is 3.58. The summed E-state index contributed by atoms with van der Waals surface area (Å²) in [6.45, 7) is 2.92. The van der Waals surface area contributed by atoms with Crippen LogP contribution in [0.4, 0.5) is 11.4 Å². The first-order chi connectivity index (χ1) is 14.6. The van der Waals surface area contributed by atoms with Crippen molar-refractivity contribution in [3.8, 4) is 11.5 Å². The summed E-state index contributed by atoms with van der Waals surface area (Å²) in [5.41, 5.74) is 2.72. The van der Waals surface area contributed by atoms with Crippen molar-refractivity contribution < 1.29 is 19.4 Å². The van der Waals surface area contributed by atoms with Crippen molar-refractivity contribution in [2.75, 3.05) is 11.5 Å². The number of carboxylic acid groups (broad SMARTS) is 1. The van der Waals surface area contributed by atoms with Crippen LogP contribution in [0.2, 0.25) is 0 Å². The molecule has 0 atom stereocenters. The van der Waals surface area contributed by atoms with Gasteiger partial charge >= 0.3 is 5.97 Å². The monoisotopic (exact) mass is 405 g/mol. The van der Waals surface area contributed by atoms with E-state index in [2.05, 4.69) is 9.97 Å². The number of hydrogen-bond donors (Lipinski definition) is 1. The van der Waals surface area contributed by atoms with Crippen molar-refractivity contribution in [1.29, 1.82) is 0 Å². The first-order valence-corrected chi connectivity index (χ1v) is 9.92. The highest BCUT2D eigenvalue weighted by Gasteiger charge is 2.25. The molecular weight excluding hydrogens is 382 g/mol. The Morgan fingerprint density at radius 3 is 2.57 bits per heavy atom. The van der Waals surface area contributed by atoms with Crippen molar-refractivity contribution in [2.24, 2.45) is 0 Å². The van der Waals surface area contributed by atoms with Gasteiger partial charge in [0.1, 0.15) is 6.33 Å². The van der Waals surface area contributed by atoms with E-state index in [9.17, 15) is 9.90 Å². The topological polar surface area (TPSA) is 84.8 Å². The van der Waals surface area contributed by atoms with Gasteiger partial charge in [-0.2, -0.15) is 0 Å². The Morgan fingerprint density at radius 2 is 1.87 bits per heavy atom. The lowest BCUT2D eigenvalue weighted by Gasteiger charge is -2.26. The van der Waals surface area contributed by atoms with E-state index in [1.165, 1.54) is 6.33 Å². The zero-order chi connectivity index (χ0) is 20.9. The highest BCUT2D eigenvalue weighted by atomic mass is 16.5. The molecule has 154 valence electrons. The molecule has 1 saturated carbocycles. The normalized spacial score (nSPS) is 13.0. The minimum Gasteiger partial charge on any atom is -0.490 e. The molecule has 0 unspecified atom stereocenters. The van der Waals surface area contributed by atoms with E-state index in [1.807, 2.05) is 36.1 Å². The maximum absolute atomic E-state index is 11.5. The Hall–Kier alpha value is -3.61. The number of ether oxygens (including phenoxy) is 2. The highest BCUT2D eigenvalue weighted by Crippen LogP contribution is 2.38. The Bertz CT molecular complexity index is 1020. The molecule has 2 aromatic carbocycles. The van der Waals surface area contributed by atoms with Gasteiger partial charge in [-0.25, -0.2) is 14.8 Å². The van der Waals surface area contributed by atoms with Gasteiger partial charge in [0.15, 0.2) is 11.5 Å². The van der Waals surface area contributed by atoms with E-state index in [4.69, 9.17) is 9.47 Å². The lowest BCUT2D eigenvalue weighted by molar-refractivity contribution is 0.0697. The zero-order valence-electron chi connectivity index (χ0n) is 16.7. The second kappa shape index (κ2) is 8.82. The van der Waals surface area contributed by atoms with Crippen LogP contribution in [0.1, 0.15) is 35.7 Å². The number of nitrogens with zero attached hydrogens (tertiary/aromatic N) is 3. The lowest BCUT2D eigenvalue weighted by Crippen LogP contribution is -2.17. The summed E-state index contributed by atoms with van der Waals surface area (Å²) in [5.74, 6) is 0.430. The third-order valence-corrected chi connectivity index (χ3v) is 4.72. The molecule has 4 rings (SSSR count). The molecule has 0 bridgehead atoms. The Kier molecular flexibility index (Phi) is 5.79. The molecule has 1 fully saturated rings. The number of carbonyl (C=O) groups is 1. The molecule has 0 aliphatic heterocycles. The standard InChI is InChI=1S/C23H23N3O4/c1-2-29-22-11-19(6-9-21(22)30-20-7-8-20)26(14-16-12-24-15-25-13-16)18-5-3-4-17(10-18)23(27)28/h3-6,9-13,15,20H,2,7-8,14H2,1H3,(H,27,28). The van der Waals surface area contributed by atoms with Crippen LogP contribution in [0.15, 0.2) is 61.2 Å². The van der Waals surface area contributed by atoms with Crippen LogP contribution in [0.25, 0.3) is 0 Å². The van der Waals surface area contributed by atoms with E-state index in [0.29, 0.717) is 18.9 Å². The molecule has 7 heteroatoms. The molecule has 1 heterocycles. The quantitative estimate of drug-likeness (QED) is 0.563. The van der Waals surface area contributed by atoms with Gasteiger partial charge in [0, 0.05) is 35.4 Å². The predicted molar refractivity (Wildman–Crippen MR) is 113 cm³/mol. The summed E-state index contributed by atoms with van der Waals surface area (Å²) in [6.07, 6.45) is 7.37. The van der Waals surface area contributed by atoms with Crippen molar-refractivity contribution in [1.82, 2.24) is 9.97 Å². The summed E-state index contributed by atoms with van der Waals surface area (Å²) < 4.78 is 11.8. The van der Waals surface area contributed by atoms with Gasteiger partial charge in [0.05, 0.1) is 24.8 Å². The first kappa shape index (κ1) is 19.7. The first-order valence-electron chi connectivity index (χ1n) is 9.92. The molecule has 1 aliphatic carbocycles. The van der Waals surface area contributed by atoms with E-state index in [-0.39, 0.29) is 11.7 Å². The number of rotatable bonds is 9. The SMILES string of the molecule is CCOc1cc(N(Cc2cncnc2)c2cccc(C(=O)O)c2)ccc1OC1CC1. The van der Waals surface area contributed by atoms with Crippen molar-refractivity contribution >= 4 is 17.3 Å². The summed E-state index contributed by atoms with van der Waals surface area (Å²) in [5, 5.41) is 9.42. The number of aromatic nitrogens is 2. The second-order valence-corrected chi connectivity index (χ2v) is 7.07. The average molecular weight is 405 g/mol. The van der Waals surface area contributed by atoms with E-state index >= 15 is 0 Å². The minimum atomic E-state index is -0.969. The van der Waals surface area contributed by atoms with Crippen LogP contribution in [-0.4, -0.2) is 33.8 Å². The number of carboxylic acids is 1.